The highest BCUT2D eigenvalue weighted by Crippen LogP contribution is 2.18. The Kier molecular flexibility index (Phi) is 4.55. The van der Waals surface area contributed by atoms with Gasteiger partial charge in [-0.05, 0) is 18.9 Å². The molecule has 88 valence electrons. The first-order valence-corrected chi connectivity index (χ1v) is 5.28. The smallest absolute Gasteiger partial charge is 0.255 e. The average molecular weight is 242 g/mol. The third-order valence-corrected chi connectivity index (χ3v) is 2.79. The molecule has 0 radical (unpaired) electrons. The van der Waals surface area contributed by atoms with Gasteiger partial charge in [-0.15, -0.1) is 12.4 Å². The number of pyridine rings is 1. The summed E-state index contributed by atoms with van der Waals surface area (Å²) in [4.78, 5) is 15.7. The van der Waals surface area contributed by atoms with Crippen LogP contribution < -0.4 is 11.1 Å². The summed E-state index contributed by atoms with van der Waals surface area (Å²) < 4.78 is 0. The molecule has 1 saturated carbocycles. The molecule has 0 atom stereocenters. The lowest BCUT2D eigenvalue weighted by Gasteiger charge is -2.12. The van der Waals surface area contributed by atoms with E-state index in [1.807, 2.05) is 0 Å². The Labute approximate surface area is 101 Å². The maximum atomic E-state index is 11.8. The third-order valence-electron chi connectivity index (χ3n) is 2.79. The maximum Gasteiger partial charge on any atom is 0.255 e. The zero-order valence-electron chi connectivity index (χ0n) is 8.98. The molecule has 1 aliphatic rings. The minimum Gasteiger partial charge on any atom is -0.398 e. The largest absolute Gasteiger partial charge is 0.398 e. The van der Waals surface area contributed by atoms with Crippen LogP contribution in [0.4, 0.5) is 5.69 Å². The van der Waals surface area contributed by atoms with Crippen LogP contribution in [0.25, 0.3) is 0 Å². The van der Waals surface area contributed by atoms with E-state index >= 15 is 0 Å². The van der Waals surface area contributed by atoms with Crippen LogP contribution in [-0.4, -0.2) is 16.9 Å². The summed E-state index contributed by atoms with van der Waals surface area (Å²) in [5.74, 6) is -0.104. The fraction of sp³-hybridized carbons (Fsp3) is 0.455. The summed E-state index contributed by atoms with van der Waals surface area (Å²) in [5, 5.41) is 2.98. The summed E-state index contributed by atoms with van der Waals surface area (Å²) in [6, 6.07) is 1.96. The monoisotopic (exact) mass is 241 g/mol. The van der Waals surface area contributed by atoms with Gasteiger partial charge in [0, 0.05) is 24.1 Å². The molecule has 1 aliphatic carbocycles. The molecular weight excluding hydrogens is 226 g/mol. The van der Waals surface area contributed by atoms with Crippen LogP contribution in [0.5, 0.6) is 0 Å². The highest BCUT2D eigenvalue weighted by atomic mass is 35.5. The molecule has 0 bridgehead atoms. The number of rotatable bonds is 2. The lowest BCUT2D eigenvalue weighted by molar-refractivity contribution is 0.0938. The third kappa shape index (κ3) is 2.85. The van der Waals surface area contributed by atoms with Crippen LogP contribution in [0.1, 0.15) is 36.0 Å². The number of nitrogens with two attached hydrogens (primary N) is 1. The van der Waals surface area contributed by atoms with Crippen molar-refractivity contribution in [3.8, 4) is 0 Å². The first-order valence-electron chi connectivity index (χ1n) is 5.28. The number of nitrogens with zero attached hydrogens (tertiary/aromatic N) is 1. The molecule has 1 fully saturated rings. The van der Waals surface area contributed by atoms with Gasteiger partial charge in [0.05, 0.1) is 5.56 Å². The number of hydrogen-bond acceptors (Lipinski definition) is 3. The normalized spacial score (nSPS) is 15.5. The Bertz CT molecular complexity index is 364. The molecular formula is C11H16ClN3O. The van der Waals surface area contributed by atoms with Gasteiger partial charge in [-0.25, -0.2) is 0 Å². The van der Waals surface area contributed by atoms with Gasteiger partial charge >= 0.3 is 0 Å². The van der Waals surface area contributed by atoms with Gasteiger partial charge in [0.15, 0.2) is 0 Å². The average Bonchev–Trinajstić information content (AvgIpc) is 2.71. The molecule has 5 heteroatoms. The van der Waals surface area contributed by atoms with Crippen molar-refractivity contribution in [3.63, 3.8) is 0 Å². The number of carbonyl (C=O) groups excluding carboxylic acids is 1. The van der Waals surface area contributed by atoms with E-state index in [1.54, 1.807) is 12.3 Å². The van der Waals surface area contributed by atoms with Gasteiger partial charge in [-0.3, -0.25) is 9.78 Å². The number of aromatic nitrogens is 1. The van der Waals surface area contributed by atoms with E-state index in [1.165, 1.54) is 19.0 Å². The van der Waals surface area contributed by atoms with E-state index in [0.717, 1.165) is 12.8 Å². The van der Waals surface area contributed by atoms with Crippen LogP contribution in [0.2, 0.25) is 0 Å². The predicted molar refractivity (Wildman–Crippen MR) is 65.6 cm³/mol. The Morgan fingerprint density at radius 2 is 2.12 bits per heavy atom. The Balaban J connectivity index is 0.00000128. The van der Waals surface area contributed by atoms with Gasteiger partial charge in [0.2, 0.25) is 0 Å². The van der Waals surface area contributed by atoms with Crippen molar-refractivity contribution in [1.82, 2.24) is 10.3 Å². The molecule has 0 aromatic carbocycles. The van der Waals surface area contributed by atoms with E-state index in [-0.39, 0.29) is 18.3 Å². The van der Waals surface area contributed by atoms with E-state index in [4.69, 9.17) is 5.73 Å². The number of amides is 1. The molecule has 1 amide bonds. The molecule has 1 aromatic heterocycles. The fourth-order valence-corrected chi connectivity index (χ4v) is 1.93. The summed E-state index contributed by atoms with van der Waals surface area (Å²) in [6.07, 6.45) is 7.65. The van der Waals surface area contributed by atoms with Gasteiger partial charge in [-0.1, -0.05) is 12.8 Å². The van der Waals surface area contributed by atoms with Gasteiger partial charge in [0.1, 0.15) is 0 Å². The van der Waals surface area contributed by atoms with Gasteiger partial charge < -0.3 is 11.1 Å². The van der Waals surface area contributed by atoms with E-state index < -0.39 is 0 Å². The topological polar surface area (TPSA) is 68.0 Å². The molecule has 0 saturated heterocycles. The van der Waals surface area contributed by atoms with Crippen molar-refractivity contribution in [2.24, 2.45) is 0 Å². The number of nitrogens with one attached hydrogen (secondary N) is 1. The van der Waals surface area contributed by atoms with Crippen molar-refractivity contribution in [1.29, 1.82) is 0 Å². The molecule has 3 N–H and O–H groups in total. The van der Waals surface area contributed by atoms with Gasteiger partial charge in [0.25, 0.3) is 5.91 Å². The zero-order chi connectivity index (χ0) is 10.7. The SMILES string of the molecule is Cl.Nc1ccncc1C(=O)NC1CCCC1. The van der Waals surface area contributed by atoms with Crippen LogP contribution in [0.3, 0.4) is 0 Å². The lowest BCUT2D eigenvalue weighted by Crippen LogP contribution is -2.33. The second-order valence-corrected chi connectivity index (χ2v) is 3.92. The van der Waals surface area contributed by atoms with Crippen molar-refractivity contribution >= 4 is 24.0 Å². The summed E-state index contributed by atoms with van der Waals surface area (Å²) in [6.45, 7) is 0. The van der Waals surface area contributed by atoms with E-state index in [2.05, 4.69) is 10.3 Å². The molecule has 0 unspecified atom stereocenters. The van der Waals surface area contributed by atoms with Crippen molar-refractivity contribution in [2.45, 2.75) is 31.7 Å². The number of nitrogen functional groups attached to an aromatic ring is 1. The molecule has 1 heterocycles. The summed E-state index contributed by atoms with van der Waals surface area (Å²) in [7, 11) is 0. The van der Waals surface area contributed by atoms with Crippen molar-refractivity contribution < 1.29 is 4.79 Å². The second-order valence-electron chi connectivity index (χ2n) is 3.92. The summed E-state index contributed by atoms with van der Waals surface area (Å²) in [5.41, 5.74) is 6.66. The molecule has 16 heavy (non-hydrogen) atoms. The van der Waals surface area contributed by atoms with Crippen LogP contribution in [0, 0.1) is 0 Å². The minimum atomic E-state index is -0.104. The first kappa shape index (κ1) is 12.8. The van der Waals surface area contributed by atoms with Crippen LogP contribution >= 0.6 is 12.4 Å². The Hall–Kier alpha value is -1.29. The number of anilines is 1. The molecule has 4 nitrogen and oxygen atoms in total. The highest BCUT2D eigenvalue weighted by Gasteiger charge is 2.18. The van der Waals surface area contributed by atoms with Crippen LogP contribution in [-0.2, 0) is 0 Å². The number of carbonyl (C=O) groups is 1. The molecule has 1 aromatic rings. The zero-order valence-corrected chi connectivity index (χ0v) is 9.80. The molecule has 0 aliphatic heterocycles. The fourth-order valence-electron chi connectivity index (χ4n) is 1.93. The quantitative estimate of drug-likeness (QED) is 0.829. The van der Waals surface area contributed by atoms with E-state index in [0.29, 0.717) is 17.3 Å². The predicted octanol–water partition coefficient (Wildman–Crippen LogP) is 1.76. The maximum absolute atomic E-state index is 11.8. The van der Waals surface area contributed by atoms with Crippen molar-refractivity contribution in [3.05, 3.63) is 24.0 Å². The van der Waals surface area contributed by atoms with Crippen LogP contribution in [0.15, 0.2) is 18.5 Å². The number of halogens is 1. The van der Waals surface area contributed by atoms with Gasteiger partial charge in [-0.2, -0.15) is 0 Å². The number of hydrogen-bond donors (Lipinski definition) is 2. The standard InChI is InChI=1S/C11H15N3O.ClH/c12-10-5-6-13-7-9(10)11(15)14-8-3-1-2-4-8;/h5-8H,1-4H2,(H2,12,13)(H,14,15);1H. The lowest BCUT2D eigenvalue weighted by atomic mass is 10.2. The highest BCUT2D eigenvalue weighted by molar-refractivity contribution is 5.98. The Morgan fingerprint density at radius 3 is 2.75 bits per heavy atom. The summed E-state index contributed by atoms with van der Waals surface area (Å²) >= 11 is 0. The Morgan fingerprint density at radius 1 is 1.44 bits per heavy atom. The minimum absolute atomic E-state index is 0. The molecule has 2 rings (SSSR count). The molecule has 0 spiro atoms. The van der Waals surface area contributed by atoms with Crippen molar-refractivity contribution in [2.75, 3.05) is 5.73 Å². The second kappa shape index (κ2) is 5.70. The first-order chi connectivity index (χ1) is 7.27. The van der Waals surface area contributed by atoms with E-state index in [9.17, 15) is 4.79 Å².